The highest BCUT2D eigenvalue weighted by atomic mass is 35.5. The first-order chi connectivity index (χ1) is 19.6. The Morgan fingerprint density at radius 3 is 2.22 bits per heavy atom. The second-order valence-corrected chi connectivity index (χ2v) is 12.6. The summed E-state index contributed by atoms with van der Waals surface area (Å²) in [6.07, 6.45) is -0.782. The number of carbonyl (C=O) groups is 4. The molecule has 0 radical (unpaired) electrons. The van der Waals surface area contributed by atoms with Gasteiger partial charge in [-0.2, -0.15) is 0 Å². The van der Waals surface area contributed by atoms with Crippen LogP contribution in [-0.2, 0) is 23.9 Å². The summed E-state index contributed by atoms with van der Waals surface area (Å²) in [6.45, 7) is 1.10. The molecule has 0 saturated carbocycles. The van der Waals surface area contributed by atoms with E-state index >= 15 is 0 Å². The van der Waals surface area contributed by atoms with Crippen molar-refractivity contribution in [3.8, 4) is 0 Å². The Bertz CT molecular complexity index is 1460. The first-order valence-corrected chi connectivity index (χ1v) is 15.2. The number of amides is 3. The van der Waals surface area contributed by atoms with E-state index in [1.165, 1.54) is 27.9 Å². The van der Waals surface area contributed by atoms with Gasteiger partial charge in [0.15, 0.2) is 17.6 Å². The fourth-order valence-electron chi connectivity index (χ4n) is 4.78. The van der Waals surface area contributed by atoms with Gasteiger partial charge in [0.2, 0.25) is 11.8 Å². The Morgan fingerprint density at radius 1 is 1.05 bits per heavy atom. The van der Waals surface area contributed by atoms with Gasteiger partial charge < -0.3 is 15.4 Å². The Hall–Kier alpha value is -3.18. The van der Waals surface area contributed by atoms with Crippen LogP contribution < -0.4 is 5.73 Å². The SMILES string of the molecule is CC(=O)N(Sc1cc(Cl)ccc1Cl)C1C(=O)N2CC(C(N)=O)(C(=O)OC(c3ccccc3)c3ccccc3)CS[C@H]12. The van der Waals surface area contributed by atoms with E-state index in [0.29, 0.717) is 14.9 Å². The number of carbonyl (C=O) groups excluding carboxylic acids is 4. The van der Waals surface area contributed by atoms with E-state index in [9.17, 15) is 19.2 Å². The maximum Gasteiger partial charge on any atom is 0.325 e. The number of halogens is 2. The molecule has 5 rings (SSSR count). The summed E-state index contributed by atoms with van der Waals surface area (Å²) in [5.41, 5.74) is 5.50. The molecule has 0 aromatic heterocycles. The number of rotatable bonds is 8. The minimum atomic E-state index is -1.77. The summed E-state index contributed by atoms with van der Waals surface area (Å²) in [5, 5.41) is 0.326. The molecule has 3 amide bonds. The van der Waals surface area contributed by atoms with Crippen molar-refractivity contribution in [3.63, 3.8) is 0 Å². The van der Waals surface area contributed by atoms with Crippen LogP contribution in [0.1, 0.15) is 24.2 Å². The highest BCUT2D eigenvalue weighted by Gasteiger charge is 2.62. The number of nitrogens with zero attached hydrogens (tertiary/aromatic N) is 2. The van der Waals surface area contributed by atoms with Gasteiger partial charge in [-0.25, -0.2) is 0 Å². The number of primary amides is 1. The second kappa shape index (κ2) is 12.0. The molecular formula is C29H25Cl2N3O5S2. The van der Waals surface area contributed by atoms with Crippen LogP contribution in [0.2, 0.25) is 10.0 Å². The molecule has 2 N–H and O–H groups in total. The predicted octanol–water partition coefficient (Wildman–Crippen LogP) is 4.94. The normalized spacial score (nSPS) is 21.6. The zero-order valence-corrected chi connectivity index (χ0v) is 24.9. The van der Waals surface area contributed by atoms with Crippen molar-refractivity contribution in [3.05, 3.63) is 100 Å². The third-order valence-electron chi connectivity index (χ3n) is 7.00. The first kappa shape index (κ1) is 29.3. The molecule has 0 spiro atoms. The number of hydrogen-bond donors (Lipinski definition) is 1. The standard InChI is InChI=1S/C29H25Cl2N3O5S2/c1-17(35)34(41-22-14-20(30)12-13-21(22)31)23-25(36)33-15-29(27(32)37,16-40-26(23)33)28(38)39-24(18-8-4-2-5-9-18)19-10-6-3-7-11-19/h2-14,23-24,26H,15-16H2,1H3,(H2,32,37)/t23?,26-,29?/m1/s1. The van der Waals surface area contributed by atoms with Crippen molar-refractivity contribution >= 4 is 70.6 Å². The average Bonchev–Trinajstić information content (AvgIpc) is 2.97. The van der Waals surface area contributed by atoms with Gasteiger partial charge in [0.1, 0.15) is 5.37 Å². The van der Waals surface area contributed by atoms with E-state index in [4.69, 9.17) is 33.7 Å². The van der Waals surface area contributed by atoms with Crippen molar-refractivity contribution < 1.29 is 23.9 Å². The van der Waals surface area contributed by atoms with Gasteiger partial charge >= 0.3 is 5.97 Å². The molecule has 2 unspecified atom stereocenters. The Kier molecular flexibility index (Phi) is 8.56. The van der Waals surface area contributed by atoms with Crippen LogP contribution in [0.25, 0.3) is 0 Å². The summed E-state index contributed by atoms with van der Waals surface area (Å²) in [7, 11) is 0. The molecule has 2 fully saturated rings. The number of ether oxygens (including phenoxy) is 1. The zero-order chi connectivity index (χ0) is 29.3. The Morgan fingerprint density at radius 2 is 1.66 bits per heavy atom. The number of nitrogens with two attached hydrogens (primary N) is 1. The molecule has 2 saturated heterocycles. The third-order valence-corrected chi connectivity index (χ3v) is 10.4. The number of hydrogen-bond acceptors (Lipinski definition) is 7. The number of fused-ring (bicyclic) bond motifs is 1. The van der Waals surface area contributed by atoms with E-state index in [1.807, 2.05) is 60.7 Å². The van der Waals surface area contributed by atoms with Gasteiger partial charge in [0, 0.05) is 29.1 Å². The van der Waals surface area contributed by atoms with E-state index < -0.39 is 40.7 Å². The number of benzene rings is 3. The fraction of sp³-hybridized carbons (Fsp3) is 0.241. The quantitative estimate of drug-likeness (QED) is 0.163. The van der Waals surface area contributed by atoms with Crippen LogP contribution in [0.4, 0.5) is 0 Å². The van der Waals surface area contributed by atoms with Crippen LogP contribution in [0.15, 0.2) is 83.8 Å². The molecule has 3 atom stereocenters. The Balaban J connectivity index is 1.37. The lowest BCUT2D eigenvalue weighted by Crippen LogP contribution is -2.74. The van der Waals surface area contributed by atoms with Gasteiger partial charge in [0.25, 0.3) is 5.91 Å². The van der Waals surface area contributed by atoms with Crippen LogP contribution in [0, 0.1) is 5.41 Å². The molecule has 8 nitrogen and oxygen atoms in total. The molecule has 0 bridgehead atoms. The molecular weight excluding hydrogens is 605 g/mol. The summed E-state index contributed by atoms with van der Waals surface area (Å²) >= 11 is 14.6. The number of esters is 1. The van der Waals surface area contributed by atoms with Crippen molar-refractivity contribution in [2.75, 3.05) is 12.3 Å². The number of β-lactam (4-membered cyclic amide) rings is 1. The molecule has 12 heteroatoms. The Labute approximate surface area is 255 Å². The van der Waals surface area contributed by atoms with Crippen LogP contribution >= 0.6 is 46.9 Å². The van der Waals surface area contributed by atoms with Gasteiger partial charge in [-0.1, -0.05) is 83.9 Å². The highest BCUT2D eigenvalue weighted by molar-refractivity contribution is 8.00. The van der Waals surface area contributed by atoms with Crippen molar-refractivity contribution in [1.29, 1.82) is 0 Å². The number of thioether (sulfide) groups is 1. The molecule has 2 aliphatic rings. The summed E-state index contributed by atoms with van der Waals surface area (Å²) in [4.78, 5) is 54.6. The van der Waals surface area contributed by atoms with Gasteiger partial charge in [-0.15, -0.1) is 11.8 Å². The maximum atomic E-state index is 13.8. The molecule has 3 aromatic rings. The van der Waals surface area contributed by atoms with Crippen molar-refractivity contribution in [2.24, 2.45) is 11.1 Å². The lowest BCUT2D eigenvalue weighted by Gasteiger charge is -2.55. The summed E-state index contributed by atoms with van der Waals surface area (Å²) < 4.78 is 7.35. The minimum absolute atomic E-state index is 0.0171. The molecule has 3 aromatic carbocycles. The van der Waals surface area contributed by atoms with Crippen molar-refractivity contribution in [2.45, 2.75) is 29.3 Å². The lowest BCUT2D eigenvalue weighted by molar-refractivity contribution is -0.170. The maximum absolute atomic E-state index is 13.8. The van der Waals surface area contributed by atoms with Crippen LogP contribution in [-0.4, -0.2) is 56.6 Å². The van der Waals surface area contributed by atoms with E-state index in [1.54, 1.807) is 18.2 Å². The molecule has 41 heavy (non-hydrogen) atoms. The minimum Gasteiger partial charge on any atom is -0.452 e. The van der Waals surface area contributed by atoms with Crippen LogP contribution in [0.3, 0.4) is 0 Å². The largest absolute Gasteiger partial charge is 0.452 e. The predicted molar refractivity (Wildman–Crippen MR) is 159 cm³/mol. The monoisotopic (exact) mass is 629 g/mol. The molecule has 0 aliphatic carbocycles. The van der Waals surface area contributed by atoms with Gasteiger partial charge in [-0.3, -0.25) is 23.5 Å². The van der Waals surface area contributed by atoms with E-state index in [-0.39, 0.29) is 18.2 Å². The smallest absolute Gasteiger partial charge is 0.325 e. The lowest BCUT2D eigenvalue weighted by atomic mass is 9.86. The summed E-state index contributed by atoms with van der Waals surface area (Å²) in [5.74, 6) is -2.48. The fourth-order valence-corrected chi connectivity index (χ4v) is 7.90. The van der Waals surface area contributed by atoms with Crippen molar-refractivity contribution in [1.82, 2.24) is 9.21 Å². The molecule has 212 valence electrons. The van der Waals surface area contributed by atoms with E-state index in [0.717, 1.165) is 23.1 Å². The van der Waals surface area contributed by atoms with Gasteiger partial charge in [0.05, 0.1) is 5.02 Å². The third kappa shape index (κ3) is 5.66. The first-order valence-electron chi connectivity index (χ1n) is 12.6. The zero-order valence-electron chi connectivity index (χ0n) is 21.7. The molecule has 2 aliphatic heterocycles. The highest BCUT2D eigenvalue weighted by Crippen LogP contribution is 2.47. The topological polar surface area (TPSA) is 110 Å². The second-order valence-electron chi connectivity index (χ2n) is 9.68. The average molecular weight is 631 g/mol. The molecule has 2 heterocycles. The van der Waals surface area contributed by atoms with E-state index in [2.05, 4.69) is 0 Å². The summed E-state index contributed by atoms with van der Waals surface area (Å²) in [6, 6.07) is 22.4. The van der Waals surface area contributed by atoms with Crippen LogP contribution in [0.5, 0.6) is 0 Å². The van der Waals surface area contributed by atoms with Gasteiger partial charge in [-0.05, 0) is 41.3 Å².